The average molecular weight is 175 g/mol. The molecule has 3 nitrogen and oxygen atoms in total. The van der Waals surface area contributed by atoms with Crippen LogP contribution in [0.3, 0.4) is 0 Å². The molecule has 2 N–H and O–H groups in total. The Balaban J connectivity index is 3.33. The molecule has 0 fully saturated rings. The first-order valence-electron chi connectivity index (χ1n) is 4.53. The highest BCUT2D eigenvalue weighted by Gasteiger charge is 2.08. The highest BCUT2D eigenvalue weighted by molar-refractivity contribution is 4.64. The standard InChI is InChI=1S/C9H21NO2/c1-4-12-7-9(10)5-8(2)6-11-3/h8-9H,4-7,10H2,1-3H3. The van der Waals surface area contributed by atoms with Crippen molar-refractivity contribution in [3.8, 4) is 0 Å². The normalized spacial score (nSPS) is 16.0. The zero-order valence-corrected chi connectivity index (χ0v) is 8.38. The van der Waals surface area contributed by atoms with E-state index in [1.165, 1.54) is 0 Å². The van der Waals surface area contributed by atoms with Gasteiger partial charge in [-0.2, -0.15) is 0 Å². The van der Waals surface area contributed by atoms with Crippen molar-refractivity contribution < 1.29 is 9.47 Å². The minimum Gasteiger partial charge on any atom is -0.384 e. The lowest BCUT2D eigenvalue weighted by molar-refractivity contribution is 0.111. The van der Waals surface area contributed by atoms with Crippen molar-refractivity contribution in [2.24, 2.45) is 11.7 Å². The molecule has 2 unspecified atom stereocenters. The minimum atomic E-state index is 0.148. The van der Waals surface area contributed by atoms with E-state index in [2.05, 4.69) is 6.92 Å². The second kappa shape index (κ2) is 7.53. The number of nitrogens with two attached hydrogens (primary N) is 1. The van der Waals surface area contributed by atoms with Gasteiger partial charge >= 0.3 is 0 Å². The van der Waals surface area contributed by atoms with Gasteiger partial charge in [-0.25, -0.2) is 0 Å². The summed E-state index contributed by atoms with van der Waals surface area (Å²) in [7, 11) is 1.71. The molecule has 0 aliphatic rings. The maximum atomic E-state index is 5.81. The predicted molar refractivity (Wildman–Crippen MR) is 50.1 cm³/mol. The number of rotatable bonds is 7. The molecule has 0 bridgehead atoms. The van der Waals surface area contributed by atoms with E-state index < -0.39 is 0 Å². The van der Waals surface area contributed by atoms with Crippen molar-refractivity contribution in [1.82, 2.24) is 0 Å². The van der Waals surface area contributed by atoms with Gasteiger partial charge in [0.2, 0.25) is 0 Å². The zero-order valence-electron chi connectivity index (χ0n) is 8.38. The summed E-state index contributed by atoms with van der Waals surface area (Å²) in [6.07, 6.45) is 0.966. The minimum absolute atomic E-state index is 0.148. The van der Waals surface area contributed by atoms with Crippen LogP contribution in [0.4, 0.5) is 0 Å². The molecule has 2 atom stereocenters. The van der Waals surface area contributed by atoms with E-state index in [4.69, 9.17) is 15.2 Å². The van der Waals surface area contributed by atoms with E-state index in [-0.39, 0.29) is 6.04 Å². The molecule has 0 radical (unpaired) electrons. The average Bonchev–Trinajstić information content (AvgIpc) is 2.01. The first kappa shape index (κ1) is 11.9. The van der Waals surface area contributed by atoms with Gasteiger partial charge in [-0.1, -0.05) is 6.92 Å². The van der Waals surface area contributed by atoms with Crippen LogP contribution in [-0.4, -0.2) is 33.0 Å². The maximum absolute atomic E-state index is 5.81. The third-order valence-electron chi connectivity index (χ3n) is 1.69. The van der Waals surface area contributed by atoms with Gasteiger partial charge in [-0.05, 0) is 19.3 Å². The molecule has 0 rings (SSSR count). The van der Waals surface area contributed by atoms with Gasteiger partial charge in [0.05, 0.1) is 6.61 Å². The Morgan fingerprint density at radius 1 is 1.33 bits per heavy atom. The lowest BCUT2D eigenvalue weighted by atomic mass is 10.0. The van der Waals surface area contributed by atoms with Crippen molar-refractivity contribution in [1.29, 1.82) is 0 Å². The summed E-state index contributed by atoms with van der Waals surface area (Å²) in [5.41, 5.74) is 5.81. The van der Waals surface area contributed by atoms with Gasteiger partial charge < -0.3 is 15.2 Å². The van der Waals surface area contributed by atoms with Crippen LogP contribution in [-0.2, 0) is 9.47 Å². The summed E-state index contributed by atoms with van der Waals surface area (Å²) in [5.74, 6) is 0.519. The Bertz CT molecular complexity index is 98.5. The van der Waals surface area contributed by atoms with Gasteiger partial charge in [0, 0.05) is 26.4 Å². The molecule has 0 aliphatic carbocycles. The maximum Gasteiger partial charge on any atom is 0.0617 e. The Morgan fingerprint density at radius 3 is 2.50 bits per heavy atom. The van der Waals surface area contributed by atoms with Crippen LogP contribution in [0.2, 0.25) is 0 Å². The zero-order chi connectivity index (χ0) is 9.40. The lowest BCUT2D eigenvalue weighted by Gasteiger charge is -2.16. The van der Waals surface area contributed by atoms with Gasteiger partial charge in [0.15, 0.2) is 0 Å². The van der Waals surface area contributed by atoms with E-state index in [1.807, 2.05) is 6.92 Å². The Labute approximate surface area is 75.2 Å². The third-order valence-corrected chi connectivity index (χ3v) is 1.69. The topological polar surface area (TPSA) is 44.5 Å². The van der Waals surface area contributed by atoms with Crippen molar-refractivity contribution in [3.05, 3.63) is 0 Å². The summed E-state index contributed by atoms with van der Waals surface area (Å²) in [4.78, 5) is 0. The highest BCUT2D eigenvalue weighted by Crippen LogP contribution is 2.04. The smallest absolute Gasteiger partial charge is 0.0617 e. The number of hydrogen-bond donors (Lipinski definition) is 1. The van der Waals surface area contributed by atoms with Crippen molar-refractivity contribution in [3.63, 3.8) is 0 Å². The van der Waals surface area contributed by atoms with Crippen LogP contribution in [0, 0.1) is 5.92 Å². The molecule has 3 heteroatoms. The van der Waals surface area contributed by atoms with Crippen LogP contribution in [0.15, 0.2) is 0 Å². The molecule has 0 heterocycles. The van der Waals surface area contributed by atoms with Crippen molar-refractivity contribution in [2.45, 2.75) is 26.3 Å². The number of methoxy groups -OCH3 is 1. The number of hydrogen-bond acceptors (Lipinski definition) is 3. The van der Waals surface area contributed by atoms with E-state index >= 15 is 0 Å². The number of ether oxygens (including phenoxy) is 2. The molecule has 0 aliphatic heterocycles. The van der Waals surface area contributed by atoms with E-state index in [0.717, 1.165) is 19.6 Å². The van der Waals surface area contributed by atoms with Gasteiger partial charge in [0.1, 0.15) is 0 Å². The summed E-state index contributed by atoms with van der Waals surface area (Å²) in [6, 6.07) is 0.148. The summed E-state index contributed by atoms with van der Waals surface area (Å²) in [5, 5.41) is 0. The molecule has 74 valence electrons. The monoisotopic (exact) mass is 175 g/mol. The molecular formula is C9H21NO2. The van der Waals surface area contributed by atoms with Crippen LogP contribution < -0.4 is 5.73 Å². The summed E-state index contributed by atoms with van der Waals surface area (Å²) >= 11 is 0. The SMILES string of the molecule is CCOCC(N)CC(C)COC. The molecule has 0 amide bonds. The van der Waals surface area contributed by atoms with Gasteiger partial charge in [0.25, 0.3) is 0 Å². The predicted octanol–water partition coefficient (Wildman–Crippen LogP) is 1.02. The Kier molecular flexibility index (Phi) is 7.45. The first-order chi connectivity index (χ1) is 5.70. The third kappa shape index (κ3) is 6.58. The fourth-order valence-electron chi connectivity index (χ4n) is 1.21. The van der Waals surface area contributed by atoms with Crippen molar-refractivity contribution >= 4 is 0 Å². The molecule has 0 saturated carbocycles. The quantitative estimate of drug-likeness (QED) is 0.628. The first-order valence-corrected chi connectivity index (χ1v) is 4.53. The molecule has 0 aromatic carbocycles. The largest absolute Gasteiger partial charge is 0.384 e. The summed E-state index contributed by atoms with van der Waals surface area (Å²) < 4.78 is 10.2. The molecule has 0 aromatic rings. The van der Waals surface area contributed by atoms with E-state index in [9.17, 15) is 0 Å². The van der Waals surface area contributed by atoms with Crippen molar-refractivity contribution in [2.75, 3.05) is 26.9 Å². The molecule has 0 aromatic heterocycles. The van der Waals surface area contributed by atoms with E-state index in [0.29, 0.717) is 12.5 Å². The van der Waals surface area contributed by atoms with Gasteiger partial charge in [-0.15, -0.1) is 0 Å². The van der Waals surface area contributed by atoms with Gasteiger partial charge in [-0.3, -0.25) is 0 Å². The second-order valence-electron chi connectivity index (χ2n) is 3.22. The molecular weight excluding hydrogens is 154 g/mol. The van der Waals surface area contributed by atoms with Crippen LogP contribution in [0.25, 0.3) is 0 Å². The molecule has 12 heavy (non-hydrogen) atoms. The fraction of sp³-hybridized carbons (Fsp3) is 1.00. The molecule has 0 spiro atoms. The summed E-state index contributed by atoms with van der Waals surface area (Å²) in [6.45, 7) is 6.29. The lowest BCUT2D eigenvalue weighted by Crippen LogP contribution is -2.29. The van der Waals surface area contributed by atoms with Crippen LogP contribution in [0.1, 0.15) is 20.3 Å². The fourth-order valence-corrected chi connectivity index (χ4v) is 1.21. The van der Waals surface area contributed by atoms with Crippen LogP contribution in [0.5, 0.6) is 0 Å². The Morgan fingerprint density at radius 2 is 2.00 bits per heavy atom. The van der Waals surface area contributed by atoms with Crippen LogP contribution >= 0.6 is 0 Å². The Hall–Kier alpha value is -0.120. The molecule has 0 saturated heterocycles. The highest BCUT2D eigenvalue weighted by atomic mass is 16.5. The van der Waals surface area contributed by atoms with E-state index in [1.54, 1.807) is 7.11 Å². The second-order valence-corrected chi connectivity index (χ2v) is 3.22.